The molecular formula is C13H21N3O. The average molecular weight is 235 g/mol. The quantitative estimate of drug-likeness (QED) is 0.779. The number of hydrogen-bond donors (Lipinski definition) is 0. The molecule has 0 aromatic carbocycles. The molecule has 2 aliphatic rings. The number of hydrogen-bond acceptors (Lipinski definition) is 4. The third kappa shape index (κ3) is 2.11. The van der Waals surface area contributed by atoms with Gasteiger partial charge in [-0.25, -0.2) is 0 Å². The van der Waals surface area contributed by atoms with Gasteiger partial charge in [0.05, 0.1) is 5.69 Å². The summed E-state index contributed by atoms with van der Waals surface area (Å²) in [6.07, 6.45) is 2.75. The lowest BCUT2D eigenvalue weighted by Crippen LogP contribution is -2.49. The maximum Gasteiger partial charge on any atom is 0.138 e. The van der Waals surface area contributed by atoms with Crippen LogP contribution in [0.4, 0.5) is 0 Å². The molecule has 2 aliphatic heterocycles. The Labute approximate surface area is 103 Å². The van der Waals surface area contributed by atoms with Crippen LogP contribution in [0, 0.1) is 13.8 Å². The van der Waals surface area contributed by atoms with Crippen LogP contribution in [-0.4, -0.2) is 47.2 Å². The van der Waals surface area contributed by atoms with E-state index in [2.05, 4.69) is 15.0 Å². The zero-order chi connectivity index (χ0) is 11.8. The highest BCUT2D eigenvalue weighted by Crippen LogP contribution is 2.23. The standard InChI is InChI=1S/C13H21N3O/c1-10-13(11(2)17-14-10)9-15-6-7-16-5-3-4-12(16)8-15/h12H,3-9H2,1-2H3. The van der Waals surface area contributed by atoms with Crippen molar-refractivity contribution >= 4 is 0 Å². The van der Waals surface area contributed by atoms with Gasteiger partial charge in [0.2, 0.25) is 0 Å². The number of rotatable bonds is 2. The first-order valence-electron chi connectivity index (χ1n) is 6.62. The van der Waals surface area contributed by atoms with Crippen molar-refractivity contribution in [2.45, 2.75) is 39.3 Å². The first-order chi connectivity index (χ1) is 8.24. The predicted molar refractivity (Wildman–Crippen MR) is 65.8 cm³/mol. The molecule has 0 amide bonds. The van der Waals surface area contributed by atoms with Gasteiger partial charge in [0, 0.05) is 37.8 Å². The van der Waals surface area contributed by atoms with Gasteiger partial charge >= 0.3 is 0 Å². The Morgan fingerprint density at radius 2 is 2.18 bits per heavy atom. The van der Waals surface area contributed by atoms with Gasteiger partial charge in [0.1, 0.15) is 5.76 Å². The Morgan fingerprint density at radius 3 is 2.94 bits per heavy atom. The molecule has 4 nitrogen and oxygen atoms in total. The molecule has 0 aliphatic carbocycles. The van der Waals surface area contributed by atoms with Crippen LogP contribution in [0.1, 0.15) is 29.9 Å². The lowest BCUT2D eigenvalue weighted by Gasteiger charge is -2.37. The van der Waals surface area contributed by atoms with E-state index >= 15 is 0 Å². The van der Waals surface area contributed by atoms with E-state index in [0.717, 1.165) is 24.0 Å². The van der Waals surface area contributed by atoms with Crippen LogP contribution in [0.3, 0.4) is 0 Å². The van der Waals surface area contributed by atoms with Crippen molar-refractivity contribution in [2.75, 3.05) is 26.2 Å². The van der Waals surface area contributed by atoms with E-state index in [1.54, 1.807) is 0 Å². The lowest BCUT2D eigenvalue weighted by atomic mass is 10.1. The van der Waals surface area contributed by atoms with Crippen molar-refractivity contribution in [3.8, 4) is 0 Å². The van der Waals surface area contributed by atoms with Gasteiger partial charge in [-0.3, -0.25) is 9.80 Å². The summed E-state index contributed by atoms with van der Waals surface area (Å²) in [6, 6.07) is 0.796. The number of nitrogens with zero attached hydrogens (tertiary/aromatic N) is 3. The molecule has 3 heterocycles. The lowest BCUT2D eigenvalue weighted by molar-refractivity contribution is 0.0989. The summed E-state index contributed by atoms with van der Waals surface area (Å²) in [4.78, 5) is 5.20. The van der Waals surface area contributed by atoms with Crippen molar-refractivity contribution in [3.05, 3.63) is 17.0 Å². The van der Waals surface area contributed by atoms with Crippen LogP contribution >= 0.6 is 0 Å². The molecule has 94 valence electrons. The highest BCUT2D eigenvalue weighted by atomic mass is 16.5. The van der Waals surface area contributed by atoms with E-state index in [1.165, 1.54) is 44.6 Å². The van der Waals surface area contributed by atoms with E-state index in [-0.39, 0.29) is 0 Å². The molecule has 1 unspecified atom stereocenters. The summed E-state index contributed by atoms with van der Waals surface area (Å²) in [7, 11) is 0. The minimum absolute atomic E-state index is 0.796. The number of aromatic nitrogens is 1. The minimum Gasteiger partial charge on any atom is -0.361 e. The van der Waals surface area contributed by atoms with Crippen LogP contribution in [0.2, 0.25) is 0 Å². The second-order valence-corrected chi connectivity index (χ2v) is 5.37. The van der Waals surface area contributed by atoms with Crippen LogP contribution in [0.5, 0.6) is 0 Å². The van der Waals surface area contributed by atoms with Gasteiger partial charge in [-0.05, 0) is 33.2 Å². The Balaban J connectivity index is 1.66. The summed E-state index contributed by atoms with van der Waals surface area (Å²) in [5, 5.41) is 4.04. The largest absolute Gasteiger partial charge is 0.361 e. The summed E-state index contributed by atoms with van der Waals surface area (Å²) in [6.45, 7) is 9.99. The minimum atomic E-state index is 0.796. The number of aryl methyl sites for hydroxylation is 2. The fourth-order valence-corrected chi connectivity index (χ4v) is 3.15. The van der Waals surface area contributed by atoms with E-state index < -0.39 is 0 Å². The first kappa shape index (κ1) is 11.2. The predicted octanol–water partition coefficient (Wildman–Crippen LogP) is 1.57. The van der Waals surface area contributed by atoms with Gasteiger partial charge in [-0.1, -0.05) is 5.16 Å². The zero-order valence-electron chi connectivity index (χ0n) is 10.8. The molecular weight excluding hydrogens is 214 g/mol. The normalized spacial score (nSPS) is 26.4. The van der Waals surface area contributed by atoms with Crippen molar-refractivity contribution in [3.63, 3.8) is 0 Å². The molecule has 0 bridgehead atoms. The molecule has 2 saturated heterocycles. The molecule has 1 aromatic rings. The molecule has 0 N–H and O–H groups in total. The molecule has 2 fully saturated rings. The molecule has 3 rings (SSSR count). The number of piperazine rings is 1. The molecule has 17 heavy (non-hydrogen) atoms. The maximum absolute atomic E-state index is 5.24. The average Bonchev–Trinajstić information content (AvgIpc) is 2.90. The van der Waals surface area contributed by atoms with E-state index in [9.17, 15) is 0 Å². The maximum atomic E-state index is 5.24. The number of fused-ring (bicyclic) bond motifs is 1. The van der Waals surface area contributed by atoms with Gasteiger partial charge in [-0.2, -0.15) is 0 Å². The highest BCUT2D eigenvalue weighted by Gasteiger charge is 2.30. The summed E-state index contributed by atoms with van der Waals surface area (Å²) in [5.41, 5.74) is 2.34. The summed E-state index contributed by atoms with van der Waals surface area (Å²) in [5.74, 6) is 0.983. The van der Waals surface area contributed by atoms with Gasteiger partial charge < -0.3 is 4.52 Å². The van der Waals surface area contributed by atoms with Crippen molar-refractivity contribution < 1.29 is 4.52 Å². The Bertz CT molecular complexity index is 382. The van der Waals surface area contributed by atoms with E-state index in [4.69, 9.17) is 4.52 Å². The topological polar surface area (TPSA) is 32.5 Å². The molecule has 4 heteroatoms. The fraction of sp³-hybridized carbons (Fsp3) is 0.769. The van der Waals surface area contributed by atoms with E-state index in [1.807, 2.05) is 13.8 Å². The summed E-state index contributed by atoms with van der Waals surface area (Å²) >= 11 is 0. The monoisotopic (exact) mass is 235 g/mol. The molecule has 0 radical (unpaired) electrons. The Morgan fingerprint density at radius 1 is 1.29 bits per heavy atom. The van der Waals surface area contributed by atoms with Crippen LogP contribution in [0.25, 0.3) is 0 Å². The van der Waals surface area contributed by atoms with Gasteiger partial charge in [-0.15, -0.1) is 0 Å². The van der Waals surface area contributed by atoms with Crippen molar-refractivity contribution in [1.82, 2.24) is 15.0 Å². The van der Waals surface area contributed by atoms with Gasteiger partial charge in [0.25, 0.3) is 0 Å². The third-order valence-electron chi connectivity index (χ3n) is 4.23. The molecule has 0 spiro atoms. The second kappa shape index (κ2) is 4.42. The second-order valence-electron chi connectivity index (χ2n) is 5.37. The van der Waals surface area contributed by atoms with Crippen molar-refractivity contribution in [1.29, 1.82) is 0 Å². The highest BCUT2D eigenvalue weighted by molar-refractivity contribution is 5.20. The van der Waals surface area contributed by atoms with Crippen molar-refractivity contribution in [2.24, 2.45) is 0 Å². The SMILES string of the molecule is Cc1noc(C)c1CN1CCN2CCCC2C1. The van der Waals surface area contributed by atoms with Crippen LogP contribution in [-0.2, 0) is 6.54 Å². The first-order valence-corrected chi connectivity index (χ1v) is 6.62. The summed E-state index contributed by atoms with van der Waals surface area (Å²) < 4.78 is 5.24. The third-order valence-corrected chi connectivity index (χ3v) is 4.23. The molecule has 1 atom stereocenters. The van der Waals surface area contributed by atoms with Crippen LogP contribution < -0.4 is 0 Å². The fourth-order valence-electron chi connectivity index (χ4n) is 3.15. The van der Waals surface area contributed by atoms with Gasteiger partial charge in [0.15, 0.2) is 0 Å². The molecule has 0 saturated carbocycles. The smallest absolute Gasteiger partial charge is 0.138 e. The Hall–Kier alpha value is -0.870. The Kier molecular flexibility index (Phi) is 2.92. The van der Waals surface area contributed by atoms with Crippen LogP contribution in [0.15, 0.2) is 4.52 Å². The zero-order valence-corrected chi connectivity index (χ0v) is 10.8. The van der Waals surface area contributed by atoms with E-state index in [0.29, 0.717) is 0 Å². The molecule has 1 aromatic heterocycles.